The Labute approximate surface area is 209 Å². The smallest absolute Gasteiger partial charge is 0.203 e. The molecular weight excluding hydrogens is 527 g/mol. The Balaban J connectivity index is 0.00000512. The molecule has 1 aliphatic rings. The first kappa shape index (κ1) is 28.5. The van der Waals surface area contributed by atoms with Gasteiger partial charge in [0.2, 0.25) is 5.75 Å². The van der Waals surface area contributed by atoms with E-state index in [4.69, 9.17) is 23.7 Å². The molecule has 1 aromatic rings. The molecule has 2 rings (SSSR count). The zero-order valence-electron chi connectivity index (χ0n) is 20.0. The van der Waals surface area contributed by atoms with Gasteiger partial charge in [-0.1, -0.05) is 0 Å². The molecule has 10 heteroatoms. The number of aliphatic imine (C=N–C) groups is 1. The van der Waals surface area contributed by atoms with Crippen molar-refractivity contribution in [2.75, 3.05) is 88.0 Å². The van der Waals surface area contributed by atoms with Crippen molar-refractivity contribution in [1.29, 1.82) is 0 Å². The van der Waals surface area contributed by atoms with Crippen LogP contribution in [-0.2, 0) is 16.0 Å². The van der Waals surface area contributed by atoms with Crippen molar-refractivity contribution in [3.05, 3.63) is 17.7 Å². The van der Waals surface area contributed by atoms with Crippen molar-refractivity contribution >= 4 is 29.9 Å². The van der Waals surface area contributed by atoms with Gasteiger partial charge in [0.25, 0.3) is 0 Å². The number of hydrogen-bond donors (Lipinski definition) is 1. The minimum atomic E-state index is 0. The van der Waals surface area contributed by atoms with E-state index in [0.717, 1.165) is 63.8 Å². The Morgan fingerprint density at radius 2 is 1.59 bits per heavy atom. The van der Waals surface area contributed by atoms with Gasteiger partial charge in [-0.3, -0.25) is 9.89 Å². The monoisotopic (exact) mass is 566 g/mol. The summed E-state index contributed by atoms with van der Waals surface area (Å²) in [7, 11) is 8.42. The molecule has 0 radical (unpaired) electrons. The number of methoxy groups -OCH3 is 4. The topological polar surface area (TPSA) is 77.0 Å². The summed E-state index contributed by atoms with van der Waals surface area (Å²) in [5.74, 6) is 2.94. The van der Waals surface area contributed by atoms with E-state index in [1.54, 1.807) is 28.4 Å². The van der Waals surface area contributed by atoms with Gasteiger partial charge in [-0.25, -0.2) is 0 Å². The van der Waals surface area contributed by atoms with Crippen LogP contribution in [0.15, 0.2) is 17.1 Å². The van der Waals surface area contributed by atoms with Gasteiger partial charge >= 0.3 is 0 Å². The van der Waals surface area contributed by atoms with Gasteiger partial charge < -0.3 is 33.9 Å². The molecule has 0 saturated carbocycles. The highest BCUT2D eigenvalue weighted by Gasteiger charge is 2.21. The van der Waals surface area contributed by atoms with Crippen molar-refractivity contribution in [2.45, 2.75) is 13.0 Å². The van der Waals surface area contributed by atoms with Gasteiger partial charge in [0.05, 0.1) is 34.5 Å². The zero-order chi connectivity index (χ0) is 22.5. The highest BCUT2D eigenvalue weighted by Crippen LogP contribution is 2.38. The molecule has 1 saturated heterocycles. The third-order valence-corrected chi connectivity index (χ3v) is 5.19. The Morgan fingerprint density at radius 3 is 2.12 bits per heavy atom. The molecule has 1 aromatic carbocycles. The van der Waals surface area contributed by atoms with Crippen molar-refractivity contribution in [3.63, 3.8) is 0 Å². The SMILES string of the molecule is CN=C(NCCCOCCOC)N1CCN(Cc2cc(OC)c(OC)c(OC)c2)CC1.I. The van der Waals surface area contributed by atoms with E-state index < -0.39 is 0 Å². The van der Waals surface area contributed by atoms with Gasteiger partial charge in [0.1, 0.15) is 0 Å². The second-order valence-corrected chi connectivity index (χ2v) is 7.23. The standard InChI is InChI=1S/C22H38N4O5.HI/c1-23-22(24-7-6-12-31-14-13-27-2)26-10-8-25(9-11-26)17-18-15-19(28-3)21(30-5)20(16-18)29-4;/h15-16H,6-14,17H2,1-5H3,(H,23,24);1H. The number of piperazine rings is 1. The second-order valence-electron chi connectivity index (χ2n) is 7.23. The molecule has 1 aliphatic heterocycles. The summed E-state index contributed by atoms with van der Waals surface area (Å²) in [6, 6.07) is 4.03. The summed E-state index contributed by atoms with van der Waals surface area (Å²) in [5.41, 5.74) is 1.14. The first-order valence-corrected chi connectivity index (χ1v) is 10.7. The van der Waals surface area contributed by atoms with Crippen LogP contribution in [0.25, 0.3) is 0 Å². The Morgan fingerprint density at radius 1 is 0.938 bits per heavy atom. The Bertz CT molecular complexity index is 659. The van der Waals surface area contributed by atoms with Gasteiger partial charge in [0, 0.05) is 60.0 Å². The fraction of sp³-hybridized carbons (Fsp3) is 0.682. The predicted octanol–water partition coefficient (Wildman–Crippen LogP) is 2.08. The quantitative estimate of drug-likeness (QED) is 0.179. The van der Waals surface area contributed by atoms with Crippen molar-refractivity contribution in [1.82, 2.24) is 15.1 Å². The Kier molecular flexibility index (Phi) is 14.4. The molecule has 1 heterocycles. The number of rotatable bonds is 12. The van der Waals surface area contributed by atoms with E-state index in [9.17, 15) is 0 Å². The predicted molar refractivity (Wildman–Crippen MR) is 137 cm³/mol. The molecular formula is C22H39IN4O5. The molecule has 0 aromatic heterocycles. The number of guanidine groups is 1. The molecule has 0 bridgehead atoms. The van der Waals surface area contributed by atoms with Gasteiger partial charge in [-0.2, -0.15) is 0 Å². The highest BCUT2D eigenvalue weighted by molar-refractivity contribution is 14.0. The molecule has 184 valence electrons. The van der Waals surface area contributed by atoms with Crippen molar-refractivity contribution < 1.29 is 23.7 Å². The number of nitrogens with one attached hydrogen (secondary N) is 1. The summed E-state index contributed by atoms with van der Waals surface area (Å²) in [6.45, 7) is 7.42. The van der Waals surface area contributed by atoms with E-state index in [0.29, 0.717) is 30.5 Å². The number of halogens is 1. The number of ether oxygens (including phenoxy) is 5. The molecule has 9 nitrogen and oxygen atoms in total. The zero-order valence-corrected chi connectivity index (χ0v) is 22.3. The van der Waals surface area contributed by atoms with Gasteiger partial charge in [0.15, 0.2) is 17.5 Å². The summed E-state index contributed by atoms with van der Waals surface area (Å²) in [4.78, 5) is 9.17. The third kappa shape index (κ3) is 8.80. The average Bonchev–Trinajstić information content (AvgIpc) is 2.81. The molecule has 0 unspecified atom stereocenters. The summed E-state index contributed by atoms with van der Waals surface area (Å²) < 4.78 is 26.8. The van der Waals surface area contributed by atoms with Crippen LogP contribution in [0.2, 0.25) is 0 Å². The van der Waals surface area contributed by atoms with Crippen LogP contribution in [0.4, 0.5) is 0 Å². The molecule has 0 amide bonds. The maximum atomic E-state index is 5.50. The van der Waals surface area contributed by atoms with Crippen LogP contribution in [0.1, 0.15) is 12.0 Å². The fourth-order valence-corrected chi connectivity index (χ4v) is 3.55. The summed E-state index contributed by atoms with van der Waals surface area (Å²) in [5, 5.41) is 3.44. The Hall–Kier alpha value is -1.50. The molecule has 1 N–H and O–H groups in total. The number of hydrogen-bond acceptors (Lipinski definition) is 7. The van der Waals surface area contributed by atoms with Crippen molar-refractivity contribution in [2.24, 2.45) is 4.99 Å². The van der Waals surface area contributed by atoms with Gasteiger partial charge in [-0.05, 0) is 24.1 Å². The van der Waals surface area contributed by atoms with Crippen LogP contribution in [0.3, 0.4) is 0 Å². The van der Waals surface area contributed by atoms with E-state index in [2.05, 4.69) is 20.1 Å². The van der Waals surface area contributed by atoms with Crippen LogP contribution in [0.5, 0.6) is 17.2 Å². The maximum Gasteiger partial charge on any atom is 0.203 e. The average molecular weight is 566 g/mol. The van der Waals surface area contributed by atoms with Gasteiger partial charge in [-0.15, -0.1) is 24.0 Å². The summed E-state index contributed by atoms with van der Waals surface area (Å²) in [6.07, 6.45) is 0.934. The first-order chi connectivity index (χ1) is 15.2. The summed E-state index contributed by atoms with van der Waals surface area (Å²) >= 11 is 0. The second kappa shape index (κ2) is 16.2. The number of benzene rings is 1. The molecule has 32 heavy (non-hydrogen) atoms. The molecule has 0 aliphatic carbocycles. The van der Waals surface area contributed by atoms with E-state index in [1.165, 1.54) is 0 Å². The lowest BCUT2D eigenvalue weighted by Gasteiger charge is -2.36. The lowest BCUT2D eigenvalue weighted by Crippen LogP contribution is -2.52. The van der Waals surface area contributed by atoms with E-state index >= 15 is 0 Å². The lowest BCUT2D eigenvalue weighted by molar-refractivity contribution is 0.0697. The van der Waals surface area contributed by atoms with Crippen LogP contribution < -0.4 is 19.5 Å². The third-order valence-electron chi connectivity index (χ3n) is 5.19. The number of nitrogens with zero attached hydrogens (tertiary/aromatic N) is 3. The lowest BCUT2D eigenvalue weighted by atomic mass is 10.1. The maximum absolute atomic E-state index is 5.50. The normalized spacial score (nSPS) is 14.7. The molecule has 1 fully saturated rings. The minimum Gasteiger partial charge on any atom is -0.493 e. The van der Waals surface area contributed by atoms with Crippen LogP contribution in [0, 0.1) is 0 Å². The van der Waals surface area contributed by atoms with E-state index in [1.807, 2.05) is 19.2 Å². The van der Waals surface area contributed by atoms with Crippen LogP contribution in [-0.4, -0.2) is 104 Å². The minimum absolute atomic E-state index is 0. The first-order valence-electron chi connectivity index (χ1n) is 10.7. The largest absolute Gasteiger partial charge is 0.493 e. The molecule has 0 atom stereocenters. The fourth-order valence-electron chi connectivity index (χ4n) is 3.55. The molecule has 0 spiro atoms. The highest BCUT2D eigenvalue weighted by atomic mass is 127. The van der Waals surface area contributed by atoms with E-state index in [-0.39, 0.29) is 24.0 Å². The van der Waals surface area contributed by atoms with Crippen LogP contribution >= 0.6 is 24.0 Å². The van der Waals surface area contributed by atoms with Crippen molar-refractivity contribution in [3.8, 4) is 17.2 Å².